The molecule has 0 aromatic carbocycles. The van der Waals surface area contributed by atoms with Crippen LogP contribution in [0, 0.1) is 6.92 Å². The average Bonchev–Trinajstić information content (AvgIpc) is 3.24. The van der Waals surface area contributed by atoms with E-state index in [0.29, 0.717) is 32.2 Å². The summed E-state index contributed by atoms with van der Waals surface area (Å²) >= 11 is 1.68. The molecular formula is C17H22N2O3S. The van der Waals surface area contributed by atoms with Gasteiger partial charge in [-0.25, -0.2) is 4.79 Å². The normalized spacial score (nSPS) is 19.6. The number of urea groups is 1. The first-order valence-electron chi connectivity index (χ1n) is 7.86. The van der Waals surface area contributed by atoms with Gasteiger partial charge in [0.15, 0.2) is 0 Å². The fourth-order valence-electron chi connectivity index (χ4n) is 2.66. The number of hydrogen-bond acceptors (Lipinski definition) is 4. The lowest BCUT2D eigenvalue weighted by Gasteiger charge is -2.32. The maximum absolute atomic E-state index is 12.4. The second kappa shape index (κ2) is 7.19. The van der Waals surface area contributed by atoms with E-state index in [1.165, 1.54) is 5.56 Å². The topological polar surface area (TPSA) is 54.7 Å². The first kappa shape index (κ1) is 16.1. The van der Waals surface area contributed by atoms with Crippen LogP contribution in [0.5, 0.6) is 0 Å². The number of thiophene rings is 1. The van der Waals surface area contributed by atoms with E-state index in [4.69, 9.17) is 9.15 Å². The van der Waals surface area contributed by atoms with Crippen molar-refractivity contribution in [1.29, 1.82) is 0 Å². The van der Waals surface area contributed by atoms with Gasteiger partial charge in [-0.3, -0.25) is 0 Å². The number of nitrogens with one attached hydrogen (secondary N) is 1. The van der Waals surface area contributed by atoms with Crippen molar-refractivity contribution in [3.63, 3.8) is 0 Å². The largest absolute Gasteiger partial charge is 0.464 e. The summed E-state index contributed by atoms with van der Waals surface area (Å²) in [5.41, 5.74) is 1.27. The van der Waals surface area contributed by atoms with Crippen LogP contribution in [0.15, 0.2) is 33.4 Å². The van der Waals surface area contributed by atoms with Crippen LogP contribution in [-0.4, -0.2) is 37.2 Å². The van der Waals surface area contributed by atoms with Crippen LogP contribution in [0.1, 0.15) is 36.0 Å². The van der Waals surface area contributed by atoms with E-state index >= 15 is 0 Å². The first-order valence-corrected chi connectivity index (χ1v) is 8.80. The van der Waals surface area contributed by atoms with Crippen molar-refractivity contribution in [3.05, 3.63) is 46.0 Å². The minimum absolute atomic E-state index is 0.0383. The summed E-state index contributed by atoms with van der Waals surface area (Å²) in [5, 5.41) is 7.21. The number of furan rings is 1. The molecule has 3 heterocycles. The second-order valence-corrected chi connectivity index (χ2v) is 6.68. The molecule has 0 saturated carbocycles. The molecule has 2 aromatic heterocycles. The maximum Gasteiger partial charge on any atom is 0.317 e. The Bertz CT molecular complexity index is 638. The Morgan fingerprint density at radius 1 is 1.48 bits per heavy atom. The van der Waals surface area contributed by atoms with Crippen molar-refractivity contribution in [2.24, 2.45) is 0 Å². The number of ether oxygens (including phenoxy) is 1. The van der Waals surface area contributed by atoms with Gasteiger partial charge in [-0.15, -0.1) is 0 Å². The Hall–Kier alpha value is -1.79. The minimum atomic E-state index is -0.183. The highest BCUT2D eigenvalue weighted by atomic mass is 32.1. The molecule has 1 fully saturated rings. The number of rotatable bonds is 4. The molecule has 2 aromatic rings. The lowest BCUT2D eigenvalue weighted by atomic mass is 10.1. The van der Waals surface area contributed by atoms with Gasteiger partial charge in [-0.1, -0.05) is 6.92 Å². The molecule has 3 rings (SSSR count). The van der Waals surface area contributed by atoms with Gasteiger partial charge in [0.05, 0.1) is 13.2 Å². The number of nitrogens with zero attached hydrogens (tertiary/aromatic N) is 1. The molecule has 6 heteroatoms. The van der Waals surface area contributed by atoms with Gasteiger partial charge in [0.25, 0.3) is 0 Å². The summed E-state index contributed by atoms with van der Waals surface area (Å²) in [4.78, 5) is 14.2. The van der Waals surface area contributed by atoms with E-state index in [1.54, 1.807) is 16.2 Å². The SMILES string of the molecule is Cc1ccc([C@@H]2CN(C(=O)NC[C@H](C)c3ccsc3)CCO2)o1. The van der Waals surface area contributed by atoms with Gasteiger partial charge in [0.2, 0.25) is 0 Å². The minimum Gasteiger partial charge on any atom is -0.464 e. The zero-order valence-electron chi connectivity index (χ0n) is 13.5. The van der Waals surface area contributed by atoms with Crippen molar-refractivity contribution in [2.45, 2.75) is 25.9 Å². The van der Waals surface area contributed by atoms with Crippen LogP contribution in [0.3, 0.4) is 0 Å². The van der Waals surface area contributed by atoms with E-state index in [2.05, 4.69) is 29.1 Å². The van der Waals surface area contributed by atoms with Gasteiger partial charge >= 0.3 is 6.03 Å². The zero-order chi connectivity index (χ0) is 16.2. The van der Waals surface area contributed by atoms with Gasteiger partial charge < -0.3 is 19.4 Å². The standard InChI is InChI=1S/C17H22N2O3S/c1-12(14-5-8-23-11-14)9-18-17(20)19-6-7-21-16(10-19)15-4-3-13(2)22-15/h3-5,8,11-12,16H,6-7,9-10H2,1-2H3,(H,18,20)/t12-,16-/m0/s1. The van der Waals surface area contributed by atoms with Crippen LogP contribution in [0.25, 0.3) is 0 Å². The number of morpholine rings is 1. The van der Waals surface area contributed by atoms with Gasteiger partial charge in [-0.2, -0.15) is 11.3 Å². The molecule has 5 nitrogen and oxygen atoms in total. The molecule has 0 unspecified atom stereocenters. The summed E-state index contributed by atoms with van der Waals surface area (Å²) in [7, 11) is 0. The van der Waals surface area contributed by atoms with E-state index in [9.17, 15) is 4.79 Å². The van der Waals surface area contributed by atoms with Crippen molar-refractivity contribution in [3.8, 4) is 0 Å². The number of amides is 2. The molecule has 0 aliphatic carbocycles. The third-order valence-corrected chi connectivity index (χ3v) is 4.81. The van der Waals surface area contributed by atoms with E-state index < -0.39 is 0 Å². The Morgan fingerprint density at radius 3 is 3.04 bits per heavy atom. The molecule has 2 atom stereocenters. The fraction of sp³-hybridized carbons (Fsp3) is 0.471. The van der Waals surface area contributed by atoms with Crippen molar-refractivity contribution in [2.75, 3.05) is 26.2 Å². The van der Waals surface area contributed by atoms with Crippen molar-refractivity contribution >= 4 is 17.4 Å². The van der Waals surface area contributed by atoms with Crippen LogP contribution in [0.2, 0.25) is 0 Å². The Kier molecular flexibility index (Phi) is 5.03. The molecule has 1 N–H and O–H groups in total. The van der Waals surface area contributed by atoms with E-state index in [-0.39, 0.29) is 12.1 Å². The summed E-state index contributed by atoms with van der Waals surface area (Å²) in [5.74, 6) is 1.95. The van der Waals surface area contributed by atoms with Gasteiger partial charge in [-0.05, 0) is 47.4 Å². The van der Waals surface area contributed by atoms with Gasteiger partial charge in [0.1, 0.15) is 17.6 Å². The zero-order valence-corrected chi connectivity index (χ0v) is 14.3. The summed E-state index contributed by atoms with van der Waals surface area (Å²) in [6, 6.07) is 5.90. The highest BCUT2D eigenvalue weighted by Crippen LogP contribution is 2.24. The third kappa shape index (κ3) is 3.95. The third-order valence-electron chi connectivity index (χ3n) is 4.10. The fourth-order valence-corrected chi connectivity index (χ4v) is 3.44. The number of carbonyl (C=O) groups excluding carboxylic acids is 1. The molecule has 1 aliphatic rings. The summed E-state index contributed by atoms with van der Waals surface area (Å²) in [6.45, 7) is 6.31. The molecule has 1 saturated heterocycles. The Balaban J connectivity index is 1.53. The smallest absolute Gasteiger partial charge is 0.317 e. The molecule has 0 radical (unpaired) electrons. The monoisotopic (exact) mass is 334 g/mol. The average molecular weight is 334 g/mol. The van der Waals surface area contributed by atoms with Crippen molar-refractivity contribution in [1.82, 2.24) is 10.2 Å². The molecule has 0 spiro atoms. The maximum atomic E-state index is 12.4. The van der Waals surface area contributed by atoms with Crippen molar-refractivity contribution < 1.29 is 13.9 Å². The molecule has 23 heavy (non-hydrogen) atoms. The Labute approximate surface area is 140 Å². The lowest BCUT2D eigenvalue weighted by Crippen LogP contribution is -2.47. The molecule has 1 aliphatic heterocycles. The highest BCUT2D eigenvalue weighted by Gasteiger charge is 2.27. The van der Waals surface area contributed by atoms with E-state index in [1.807, 2.05) is 19.1 Å². The molecular weight excluding hydrogens is 312 g/mol. The number of hydrogen-bond donors (Lipinski definition) is 1. The summed E-state index contributed by atoms with van der Waals surface area (Å²) in [6.07, 6.45) is -0.183. The molecule has 124 valence electrons. The van der Waals surface area contributed by atoms with Crippen LogP contribution < -0.4 is 5.32 Å². The van der Waals surface area contributed by atoms with Crippen LogP contribution in [-0.2, 0) is 4.74 Å². The second-order valence-electron chi connectivity index (χ2n) is 5.90. The highest BCUT2D eigenvalue weighted by molar-refractivity contribution is 7.07. The molecule has 0 bridgehead atoms. The molecule has 2 amide bonds. The van der Waals surface area contributed by atoms with E-state index in [0.717, 1.165) is 11.5 Å². The van der Waals surface area contributed by atoms with Crippen LogP contribution in [0.4, 0.5) is 4.79 Å². The first-order chi connectivity index (χ1) is 11.1. The number of carbonyl (C=O) groups is 1. The quantitative estimate of drug-likeness (QED) is 0.930. The lowest BCUT2D eigenvalue weighted by molar-refractivity contribution is -0.0263. The van der Waals surface area contributed by atoms with Gasteiger partial charge in [0, 0.05) is 13.1 Å². The summed E-state index contributed by atoms with van der Waals surface area (Å²) < 4.78 is 11.3. The Morgan fingerprint density at radius 2 is 2.35 bits per heavy atom. The predicted molar refractivity (Wildman–Crippen MR) is 89.8 cm³/mol. The predicted octanol–water partition coefficient (Wildman–Crippen LogP) is 3.54. The number of aryl methyl sites for hydroxylation is 1. The van der Waals surface area contributed by atoms with Crippen LogP contribution >= 0.6 is 11.3 Å².